The van der Waals surface area contributed by atoms with E-state index in [0.29, 0.717) is 22.4 Å². The summed E-state index contributed by atoms with van der Waals surface area (Å²) < 4.78 is 18.5. The largest absolute Gasteiger partial charge is 0.478 e. The van der Waals surface area contributed by atoms with E-state index in [1.54, 1.807) is 24.3 Å². The Kier molecular flexibility index (Phi) is 3.02. The average Bonchev–Trinajstić information content (AvgIpc) is 2.78. The van der Waals surface area contributed by atoms with Gasteiger partial charge in [-0.3, -0.25) is 0 Å². The zero-order chi connectivity index (χ0) is 15.0. The van der Waals surface area contributed by atoms with Gasteiger partial charge in [-0.05, 0) is 29.8 Å². The van der Waals surface area contributed by atoms with Crippen molar-refractivity contribution in [2.45, 2.75) is 0 Å². The van der Waals surface area contributed by atoms with E-state index in [-0.39, 0.29) is 0 Å². The van der Waals surface area contributed by atoms with Crippen LogP contribution in [0, 0.1) is 5.82 Å². The highest BCUT2D eigenvalue weighted by Crippen LogP contribution is 2.31. The number of carbonyl (C=O) groups is 2. The van der Waals surface area contributed by atoms with Crippen molar-refractivity contribution in [3.8, 4) is 0 Å². The van der Waals surface area contributed by atoms with Gasteiger partial charge in [-0.15, -0.1) is 0 Å². The van der Waals surface area contributed by atoms with E-state index < -0.39 is 23.3 Å². The second-order valence-electron chi connectivity index (χ2n) is 4.49. The van der Waals surface area contributed by atoms with Gasteiger partial charge < -0.3 is 9.84 Å². The Balaban J connectivity index is 2.06. The van der Waals surface area contributed by atoms with Crippen LogP contribution in [0.3, 0.4) is 0 Å². The Bertz CT molecular complexity index is 793. The molecule has 0 aromatic heterocycles. The fraction of sp³-hybridized carbons (Fsp3) is 0. The van der Waals surface area contributed by atoms with Crippen LogP contribution < -0.4 is 0 Å². The first-order valence-corrected chi connectivity index (χ1v) is 6.12. The minimum Gasteiger partial charge on any atom is -0.478 e. The lowest BCUT2D eigenvalue weighted by Crippen LogP contribution is -2.00. The quantitative estimate of drug-likeness (QED) is 0.860. The summed E-state index contributed by atoms with van der Waals surface area (Å²) in [5.74, 6) is -2.30. The number of carboxylic acid groups (broad SMARTS) is 1. The minimum absolute atomic E-state index is 0.318. The number of ether oxygens (including phenoxy) is 1. The SMILES string of the molecule is O=C(O)c1cc(C=C2OC(=O)c3ccccc32)ccc1F. The first-order valence-electron chi connectivity index (χ1n) is 6.12. The van der Waals surface area contributed by atoms with Gasteiger partial charge in [0.2, 0.25) is 0 Å². The van der Waals surface area contributed by atoms with Crippen LogP contribution in [0.4, 0.5) is 4.39 Å². The van der Waals surface area contributed by atoms with Crippen LogP contribution in [0.25, 0.3) is 11.8 Å². The monoisotopic (exact) mass is 284 g/mol. The maximum Gasteiger partial charge on any atom is 0.344 e. The van der Waals surface area contributed by atoms with Gasteiger partial charge in [0.25, 0.3) is 0 Å². The molecule has 3 rings (SSSR count). The smallest absolute Gasteiger partial charge is 0.344 e. The summed E-state index contributed by atoms with van der Waals surface area (Å²) in [5.41, 5.74) is 1.09. The fourth-order valence-corrected chi connectivity index (χ4v) is 2.14. The number of carboxylic acids is 1. The summed E-state index contributed by atoms with van der Waals surface area (Å²) in [7, 11) is 0. The first-order chi connectivity index (χ1) is 10.1. The summed E-state index contributed by atoms with van der Waals surface area (Å²) in [6, 6.07) is 10.5. The number of rotatable bonds is 2. The highest BCUT2D eigenvalue weighted by molar-refractivity contribution is 6.05. The van der Waals surface area contributed by atoms with E-state index in [4.69, 9.17) is 9.84 Å². The van der Waals surface area contributed by atoms with Crippen molar-refractivity contribution in [2.75, 3.05) is 0 Å². The average molecular weight is 284 g/mol. The molecule has 0 saturated heterocycles. The summed E-state index contributed by atoms with van der Waals surface area (Å²) in [5, 5.41) is 8.90. The van der Waals surface area contributed by atoms with Crippen molar-refractivity contribution in [3.05, 3.63) is 70.5 Å². The molecule has 1 N–H and O–H groups in total. The second kappa shape index (κ2) is 4.86. The van der Waals surface area contributed by atoms with Crippen LogP contribution in [0.5, 0.6) is 0 Å². The third-order valence-corrected chi connectivity index (χ3v) is 3.13. The van der Waals surface area contributed by atoms with E-state index in [1.165, 1.54) is 18.2 Å². The molecule has 0 unspecified atom stereocenters. The van der Waals surface area contributed by atoms with Gasteiger partial charge >= 0.3 is 11.9 Å². The van der Waals surface area contributed by atoms with Gasteiger partial charge in [-0.1, -0.05) is 24.3 Å². The van der Waals surface area contributed by atoms with E-state index in [2.05, 4.69) is 0 Å². The fourth-order valence-electron chi connectivity index (χ4n) is 2.14. The number of carbonyl (C=O) groups excluding carboxylic acids is 1. The zero-order valence-electron chi connectivity index (χ0n) is 10.7. The highest BCUT2D eigenvalue weighted by atomic mass is 19.1. The Morgan fingerprint density at radius 3 is 2.57 bits per heavy atom. The molecule has 5 heteroatoms. The van der Waals surface area contributed by atoms with Crippen molar-refractivity contribution in [2.24, 2.45) is 0 Å². The molecule has 0 spiro atoms. The standard InChI is InChI=1S/C16H9FO4/c17-13-6-5-9(7-12(13)15(18)19)8-14-10-3-1-2-4-11(10)16(20)21-14/h1-8H,(H,18,19). The van der Waals surface area contributed by atoms with Gasteiger partial charge in [0, 0.05) is 5.56 Å². The maximum absolute atomic E-state index is 13.3. The Labute approximate surface area is 119 Å². The van der Waals surface area contributed by atoms with Crippen molar-refractivity contribution in [1.82, 2.24) is 0 Å². The number of fused-ring (bicyclic) bond motifs is 1. The lowest BCUT2D eigenvalue weighted by molar-refractivity contribution is 0.0687. The predicted molar refractivity (Wildman–Crippen MR) is 73.1 cm³/mol. The molecule has 4 nitrogen and oxygen atoms in total. The summed E-state index contributed by atoms with van der Waals surface area (Å²) in [6.45, 7) is 0. The normalized spacial score (nSPS) is 14.9. The van der Waals surface area contributed by atoms with Crippen molar-refractivity contribution in [1.29, 1.82) is 0 Å². The molecule has 2 aromatic rings. The van der Waals surface area contributed by atoms with E-state index in [0.717, 1.165) is 6.07 Å². The number of hydrogen-bond acceptors (Lipinski definition) is 3. The molecule has 1 aliphatic rings. The number of benzene rings is 2. The molecule has 21 heavy (non-hydrogen) atoms. The number of cyclic esters (lactones) is 1. The number of hydrogen-bond donors (Lipinski definition) is 1. The molecule has 0 aliphatic carbocycles. The number of aromatic carboxylic acids is 1. The zero-order valence-corrected chi connectivity index (χ0v) is 10.7. The topological polar surface area (TPSA) is 63.6 Å². The molecular formula is C16H9FO4. The van der Waals surface area contributed by atoms with E-state index in [1.807, 2.05) is 0 Å². The lowest BCUT2D eigenvalue weighted by Gasteiger charge is -2.02. The molecule has 0 saturated carbocycles. The van der Waals surface area contributed by atoms with Crippen LogP contribution in [0.2, 0.25) is 0 Å². The minimum atomic E-state index is -1.35. The highest BCUT2D eigenvalue weighted by Gasteiger charge is 2.25. The van der Waals surface area contributed by atoms with Gasteiger partial charge in [0.1, 0.15) is 11.6 Å². The van der Waals surface area contributed by atoms with Crippen molar-refractivity contribution in [3.63, 3.8) is 0 Å². The molecular weight excluding hydrogens is 275 g/mol. The Hall–Kier alpha value is -2.95. The molecule has 1 heterocycles. The van der Waals surface area contributed by atoms with Crippen LogP contribution in [-0.4, -0.2) is 17.0 Å². The Morgan fingerprint density at radius 2 is 1.86 bits per heavy atom. The van der Waals surface area contributed by atoms with E-state index >= 15 is 0 Å². The van der Waals surface area contributed by atoms with Crippen LogP contribution in [0.15, 0.2) is 42.5 Å². The molecule has 0 bridgehead atoms. The van der Waals surface area contributed by atoms with Crippen LogP contribution in [0.1, 0.15) is 31.8 Å². The van der Waals surface area contributed by atoms with Crippen LogP contribution >= 0.6 is 0 Å². The molecule has 0 atom stereocenters. The molecule has 2 aromatic carbocycles. The van der Waals surface area contributed by atoms with Crippen molar-refractivity contribution >= 4 is 23.8 Å². The number of halogens is 1. The summed E-state index contributed by atoms with van der Waals surface area (Å²) >= 11 is 0. The maximum atomic E-state index is 13.3. The van der Waals surface area contributed by atoms with E-state index in [9.17, 15) is 14.0 Å². The molecule has 1 aliphatic heterocycles. The van der Waals surface area contributed by atoms with Gasteiger partial charge in [0.05, 0.1) is 11.1 Å². The summed E-state index contributed by atoms with van der Waals surface area (Å²) in [4.78, 5) is 22.6. The summed E-state index contributed by atoms with van der Waals surface area (Å²) in [6.07, 6.45) is 1.51. The third kappa shape index (κ3) is 2.29. The third-order valence-electron chi connectivity index (χ3n) is 3.13. The van der Waals surface area contributed by atoms with Gasteiger partial charge in [-0.25, -0.2) is 14.0 Å². The van der Waals surface area contributed by atoms with Gasteiger partial charge in [-0.2, -0.15) is 0 Å². The van der Waals surface area contributed by atoms with Crippen molar-refractivity contribution < 1.29 is 23.8 Å². The number of esters is 1. The Morgan fingerprint density at radius 1 is 1.14 bits per heavy atom. The second-order valence-corrected chi connectivity index (χ2v) is 4.49. The lowest BCUT2D eigenvalue weighted by atomic mass is 10.1. The van der Waals surface area contributed by atoms with Gasteiger partial charge in [0.15, 0.2) is 0 Å². The molecule has 0 fully saturated rings. The molecule has 0 radical (unpaired) electrons. The molecule has 0 amide bonds. The van der Waals surface area contributed by atoms with Crippen LogP contribution in [-0.2, 0) is 4.74 Å². The first kappa shape index (κ1) is 13.1. The molecule has 104 valence electrons. The predicted octanol–water partition coefficient (Wildman–Crippen LogP) is 3.19.